The Balaban J connectivity index is 3.27. The molecule has 0 aromatic heterocycles. The molecule has 180 valence electrons. The first-order valence-electron chi connectivity index (χ1n) is 13.2. The summed E-state index contributed by atoms with van der Waals surface area (Å²) >= 11 is 0. The van der Waals surface area contributed by atoms with Crippen molar-refractivity contribution < 1.29 is 4.79 Å². The SMILES string of the molecule is CCCCCCCCCCCCCCCC(=O)NCCCN(C)CCCCN(C)C. The van der Waals surface area contributed by atoms with Gasteiger partial charge in [-0.15, -0.1) is 0 Å². The van der Waals surface area contributed by atoms with Gasteiger partial charge in [-0.25, -0.2) is 0 Å². The number of hydrogen-bond acceptors (Lipinski definition) is 3. The Hall–Kier alpha value is -0.610. The van der Waals surface area contributed by atoms with Crippen LogP contribution >= 0.6 is 0 Å². The molecule has 0 atom stereocenters. The van der Waals surface area contributed by atoms with Gasteiger partial charge in [-0.2, -0.15) is 0 Å². The Labute approximate surface area is 189 Å². The molecule has 0 aliphatic rings. The van der Waals surface area contributed by atoms with E-state index in [1.807, 2.05) is 0 Å². The lowest BCUT2D eigenvalue weighted by Crippen LogP contribution is -2.28. The Morgan fingerprint density at radius 3 is 1.60 bits per heavy atom. The second-order valence-corrected chi connectivity index (χ2v) is 9.51. The van der Waals surface area contributed by atoms with Crippen molar-refractivity contribution in [3.8, 4) is 0 Å². The molecule has 0 rings (SSSR count). The first kappa shape index (κ1) is 29.4. The summed E-state index contributed by atoms with van der Waals surface area (Å²) in [6.07, 6.45) is 21.8. The molecule has 0 fully saturated rings. The predicted molar refractivity (Wildman–Crippen MR) is 133 cm³/mol. The maximum absolute atomic E-state index is 11.9. The van der Waals surface area contributed by atoms with Crippen LogP contribution in [0.15, 0.2) is 0 Å². The summed E-state index contributed by atoms with van der Waals surface area (Å²) in [5.74, 6) is 0.242. The van der Waals surface area contributed by atoms with E-state index in [-0.39, 0.29) is 5.91 Å². The molecule has 0 bridgehead atoms. The fraction of sp³-hybridized carbons (Fsp3) is 0.962. The molecule has 0 saturated heterocycles. The highest BCUT2D eigenvalue weighted by Crippen LogP contribution is 2.12. The van der Waals surface area contributed by atoms with Crippen LogP contribution in [0.5, 0.6) is 0 Å². The van der Waals surface area contributed by atoms with Gasteiger partial charge in [0.2, 0.25) is 5.91 Å². The molecule has 1 amide bonds. The van der Waals surface area contributed by atoms with E-state index >= 15 is 0 Å². The van der Waals surface area contributed by atoms with E-state index in [9.17, 15) is 4.79 Å². The summed E-state index contributed by atoms with van der Waals surface area (Å²) in [5, 5.41) is 3.09. The van der Waals surface area contributed by atoms with Crippen LogP contribution in [0.2, 0.25) is 0 Å². The van der Waals surface area contributed by atoms with Crippen molar-refractivity contribution in [1.29, 1.82) is 0 Å². The van der Waals surface area contributed by atoms with Gasteiger partial charge in [-0.3, -0.25) is 4.79 Å². The Bertz CT molecular complexity index is 360. The topological polar surface area (TPSA) is 35.6 Å². The largest absolute Gasteiger partial charge is 0.356 e. The molecule has 0 spiro atoms. The van der Waals surface area contributed by atoms with Gasteiger partial charge in [0, 0.05) is 13.0 Å². The third-order valence-corrected chi connectivity index (χ3v) is 5.94. The number of carbonyl (C=O) groups is 1. The summed E-state index contributed by atoms with van der Waals surface area (Å²) in [6.45, 7) is 6.49. The molecule has 0 heterocycles. The first-order valence-corrected chi connectivity index (χ1v) is 13.2. The fourth-order valence-electron chi connectivity index (χ4n) is 3.89. The van der Waals surface area contributed by atoms with Crippen LogP contribution < -0.4 is 5.32 Å². The van der Waals surface area contributed by atoms with E-state index in [1.54, 1.807) is 0 Å². The number of unbranched alkanes of at least 4 members (excludes halogenated alkanes) is 13. The summed E-state index contributed by atoms with van der Waals surface area (Å²) in [7, 11) is 6.44. The van der Waals surface area contributed by atoms with Crippen LogP contribution in [0.3, 0.4) is 0 Å². The van der Waals surface area contributed by atoms with Crippen molar-refractivity contribution in [1.82, 2.24) is 15.1 Å². The summed E-state index contributed by atoms with van der Waals surface area (Å²) in [5.41, 5.74) is 0. The minimum Gasteiger partial charge on any atom is -0.356 e. The third-order valence-electron chi connectivity index (χ3n) is 5.94. The van der Waals surface area contributed by atoms with E-state index in [0.29, 0.717) is 6.42 Å². The maximum atomic E-state index is 11.9. The molecule has 0 aromatic rings. The number of carbonyl (C=O) groups excluding carboxylic acids is 1. The molecule has 0 aromatic carbocycles. The Morgan fingerprint density at radius 1 is 0.600 bits per heavy atom. The maximum Gasteiger partial charge on any atom is 0.219 e. The van der Waals surface area contributed by atoms with Crippen LogP contribution in [0.1, 0.15) is 116 Å². The van der Waals surface area contributed by atoms with Crippen molar-refractivity contribution in [3.63, 3.8) is 0 Å². The molecule has 0 radical (unpaired) electrons. The molecule has 0 aliphatic heterocycles. The molecule has 0 saturated carbocycles. The predicted octanol–water partition coefficient (Wildman–Crippen LogP) is 6.25. The van der Waals surface area contributed by atoms with Crippen LogP contribution in [-0.4, -0.2) is 63.0 Å². The van der Waals surface area contributed by atoms with Gasteiger partial charge in [0.25, 0.3) is 0 Å². The van der Waals surface area contributed by atoms with Crippen molar-refractivity contribution in [2.24, 2.45) is 0 Å². The van der Waals surface area contributed by atoms with E-state index in [1.165, 1.54) is 96.4 Å². The van der Waals surface area contributed by atoms with Gasteiger partial charge in [0.1, 0.15) is 0 Å². The van der Waals surface area contributed by atoms with Gasteiger partial charge >= 0.3 is 0 Å². The quantitative estimate of drug-likeness (QED) is 0.197. The summed E-state index contributed by atoms with van der Waals surface area (Å²) < 4.78 is 0. The van der Waals surface area contributed by atoms with Crippen molar-refractivity contribution in [3.05, 3.63) is 0 Å². The minimum absolute atomic E-state index is 0.242. The second kappa shape index (κ2) is 23.1. The monoisotopic (exact) mass is 425 g/mol. The minimum atomic E-state index is 0.242. The highest BCUT2D eigenvalue weighted by atomic mass is 16.1. The molecular weight excluding hydrogens is 370 g/mol. The zero-order valence-electron chi connectivity index (χ0n) is 21.2. The van der Waals surface area contributed by atoms with Gasteiger partial charge in [-0.1, -0.05) is 84.0 Å². The van der Waals surface area contributed by atoms with Crippen LogP contribution in [0, 0.1) is 0 Å². The lowest BCUT2D eigenvalue weighted by Gasteiger charge is -2.17. The smallest absolute Gasteiger partial charge is 0.219 e. The molecule has 0 aliphatic carbocycles. The number of nitrogens with one attached hydrogen (secondary N) is 1. The lowest BCUT2D eigenvalue weighted by atomic mass is 10.0. The highest BCUT2D eigenvalue weighted by Gasteiger charge is 2.02. The highest BCUT2D eigenvalue weighted by molar-refractivity contribution is 5.75. The molecule has 4 heteroatoms. The van der Waals surface area contributed by atoms with E-state index in [0.717, 1.165) is 32.5 Å². The first-order chi connectivity index (χ1) is 14.6. The van der Waals surface area contributed by atoms with E-state index < -0.39 is 0 Å². The molecule has 0 unspecified atom stereocenters. The van der Waals surface area contributed by atoms with E-state index in [4.69, 9.17) is 0 Å². The zero-order valence-corrected chi connectivity index (χ0v) is 21.2. The van der Waals surface area contributed by atoms with Gasteiger partial charge < -0.3 is 15.1 Å². The van der Waals surface area contributed by atoms with Crippen molar-refractivity contribution >= 4 is 5.91 Å². The zero-order chi connectivity index (χ0) is 22.3. The number of hydrogen-bond donors (Lipinski definition) is 1. The number of nitrogens with zero attached hydrogens (tertiary/aromatic N) is 2. The Morgan fingerprint density at radius 2 is 1.07 bits per heavy atom. The van der Waals surface area contributed by atoms with Crippen LogP contribution in [0.4, 0.5) is 0 Å². The van der Waals surface area contributed by atoms with Crippen molar-refractivity contribution in [2.45, 2.75) is 116 Å². The van der Waals surface area contributed by atoms with Gasteiger partial charge in [0.15, 0.2) is 0 Å². The molecule has 1 N–H and O–H groups in total. The van der Waals surface area contributed by atoms with E-state index in [2.05, 4.69) is 43.2 Å². The van der Waals surface area contributed by atoms with Gasteiger partial charge in [0.05, 0.1) is 0 Å². The van der Waals surface area contributed by atoms with Crippen LogP contribution in [-0.2, 0) is 4.79 Å². The summed E-state index contributed by atoms with van der Waals surface area (Å²) in [4.78, 5) is 16.6. The average molecular weight is 426 g/mol. The average Bonchev–Trinajstić information content (AvgIpc) is 2.72. The number of rotatable bonds is 23. The second-order valence-electron chi connectivity index (χ2n) is 9.51. The standard InChI is InChI=1S/C26H55N3O/c1-5-6-7-8-9-10-11-12-13-14-15-16-17-21-26(30)27-22-20-25-29(4)24-19-18-23-28(2)3/h5-25H2,1-4H3,(H,27,30). The van der Waals surface area contributed by atoms with Crippen molar-refractivity contribution in [2.75, 3.05) is 47.3 Å². The third kappa shape index (κ3) is 23.7. The normalized spacial score (nSPS) is 11.5. The van der Waals surface area contributed by atoms with Gasteiger partial charge in [-0.05, 0) is 66.5 Å². The molecular formula is C26H55N3O. The summed E-state index contributed by atoms with van der Waals surface area (Å²) in [6, 6.07) is 0. The van der Waals surface area contributed by atoms with Crippen LogP contribution in [0.25, 0.3) is 0 Å². The number of amides is 1. The molecule has 4 nitrogen and oxygen atoms in total. The lowest BCUT2D eigenvalue weighted by molar-refractivity contribution is -0.121. The Kier molecular flexibility index (Phi) is 22.6. The fourth-order valence-corrected chi connectivity index (χ4v) is 3.89. The molecule has 30 heavy (non-hydrogen) atoms.